The van der Waals surface area contributed by atoms with Crippen LogP contribution in [0.15, 0.2) is 49.1 Å². The molecule has 1 aliphatic rings. The number of methoxy groups -OCH3 is 1. The Kier molecular flexibility index (Phi) is 26.8. The standard InChI is InChI=1S/C8H12O4.C5H6O4.C4H2O3.C3H5NO.CH3/c1-2-3-6-12-8(11)5-4-7(9)10;1-9-5(8)3-2-4(6)7;5-3-1-2-4(6)7-3;1-2-3(4)5;/h4-5H,2-3,6H2,1H3,(H,9,10);2-3H,1H3,(H,6,7);1-2H;2H,1H2,(H2,4,5);1H3/b5-4+;3-2+;;;. The molecule has 13 heteroatoms. The van der Waals surface area contributed by atoms with Crippen LogP contribution in [0.4, 0.5) is 0 Å². The molecule has 0 aromatic rings. The van der Waals surface area contributed by atoms with Gasteiger partial charge in [-0.3, -0.25) is 4.79 Å². The largest absolute Gasteiger partial charge is 0.478 e. The average molecular weight is 486 g/mol. The lowest BCUT2D eigenvalue weighted by molar-refractivity contribution is -0.150. The van der Waals surface area contributed by atoms with Crippen molar-refractivity contribution >= 4 is 41.7 Å². The van der Waals surface area contributed by atoms with E-state index in [2.05, 4.69) is 26.5 Å². The van der Waals surface area contributed by atoms with Crippen LogP contribution in [0.5, 0.6) is 0 Å². The summed E-state index contributed by atoms with van der Waals surface area (Å²) in [5.41, 5.74) is 4.53. The van der Waals surface area contributed by atoms with E-state index in [1.54, 1.807) is 0 Å². The number of unbranched alkanes of at least 4 members (excludes halogenated alkanes) is 1. The Balaban J connectivity index is -0.000000183. The zero-order valence-corrected chi connectivity index (χ0v) is 18.9. The van der Waals surface area contributed by atoms with Crippen LogP contribution in [-0.4, -0.2) is 65.7 Å². The number of aliphatic carboxylic acids is 2. The summed E-state index contributed by atoms with van der Waals surface area (Å²) in [6, 6.07) is 0. The average Bonchev–Trinajstić information content (AvgIpc) is 3.14. The second-order valence-corrected chi connectivity index (χ2v) is 5.07. The Hall–Kier alpha value is -4.55. The zero-order chi connectivity index (χ0) is 26.2. The van der Waals surface area contributed by atoms with Crippen LogP contribution in [0.2, 0.25) is 0 Å². The van der Waals surface area contributed by atoms with E-state index in [-0.39, 0.29) is 7.43 Å². The molecule has 0 bridgehead atoms. The molecule has 0 atom stereocenters. The molecule has 1 amide bonds. The fourth-order valence-corrected chi connectivity index (χ4v) is 1.02. The second kappa shape index (κ2) is 24.7. The zero-order valence-electron chi connectivity index (χ0n) is 18.9. The smallest absolute Gasteiger partial charge is 0.338 e. The molecule has 189 valence electrons. The van der Waals surface area contributed by atoms with Gasteiger partial charge < -0.3 is 30.2 Å². The molecule has 0 aliphatic carbocycles. The van der Waals surface area contributed by atoms with E-state index in [4.69, 9.17) is 10.2 Å². The highest BCUT2D eigenvalue weighted by atomic mass is 16.6. The van der Waals surface area contributed by atoms with Gasteiger partial charge in [0.05, 0.1) is 13.7 Å². The molecule has 34 heavy (non-hydrogen) atoms. The van der Waals surface area contributed by atoms with E-state index >= 15 is 0 Å². The number of carbonyl (C=O) groups is 7. The van der Waals surface area contributed by atoms with Crippen LogP contribution < -0.4 is 5.73 Å². The highest BCUT2D eigenvalue weighted by Gasteiger charge is 2.10. The van der Waals surface area contributed by atoms with Crippen LogP contribution in [0, 0.1) is 7.43 Å². The van der Waals surface area contributed by atoms with Crippen molar-refractivity contribution < 1.29 is 58.0 Å². The molecule has 13 nitrogen and oxygen atoms in total. The van der Waals surface area contributed by atoms with Crippen molar-refractivity contribution in [1.82, 2.24) is 0 Å². The van der Waals surface area contributed by atoms with E-state index in [9.17, 15) is 33.6 Å². The number of carboxylic acids is 2. The molecule has 1 aliphatic heterocycles. The van der Waals surface area contributed by atoms with Crippen molar-refractivity contribution in [1.29, 1.82) is 0 Å². The number of amides is 1. The van der Waals surface area contributed by atoms with Gasteiger partial charge in [-0.2, -0.15) is 0 Å². The van der Waals surface area contributed by atoms with E-state index in [0.717, 1.165) is 49.3 Å². The molecule has 0 fully saturated rings. The van der Waals surface area contributed by atoms with E-state index < -0.39 is 41.7 Å². The lowest BCUT2D eigenvalue weighted by Crippen LogP contribution is -2.04. The minimum atomic E-state index is -1.17. The van der Waals surface area contributed by atoms with Crippen molar-refractivity contribution in [2.75, 3.05) is 13.7 Å². The summed E-state index contributed by atoms with van der Waals surface area (Å²) in [5.74, 6) is -5.23. The summed E-state index contributed by atoms with van der Waals surface area (Å²) in [4.78, 5) is 69.8. The molecule has 0 spiro atoms. The predicted octanol–water partition coefficient (Wildman–Crippen LogP) is 0.505. The fourth-order valence-electron chi connectivity index (χ4n) is 1.02. The first-order valence-electron chi connectivity index (χ1n) is 8.81. The van der Waals surface area contributed by atoms with E-state index in [0.29, 0.717) is 12.7 Å². The van der Waals surface area contributed by atoms with Gasteiger partial charge in [-0.15, -0.1) is 0 Å². The van der Waals surface area contributed by atoms with Gasteiger partial charge in [-0.1, -0.05) is 27.4 Å². The molecule has 0 aromatic heterocycles. The molecule has 1 rings (SSSR count). The molecule has 1 heterocycles. The summed E-state index contributed by atoms with van der Waals surface area (Å²) in [7, 11) is 1.18. The minimum absolute atomic E-state index is 0. The molecular weight excluding hydrogens is 458 g/mol. The lowest BCUT2D eigenvalue weighted by atomic mass is 10.4. The number of primary amides is 1. The van der Waals surface area contributed by atoms with Crippen molar-refractivity contribution in [3.8, 4) is 0 Å². The van der Waals surface area contributed by atoms with Crippen molar-refractivity contribution in [2.45, 2.75) is 19.8 Å². The Morgan fingerprint density at radius 1 is 0.971 bits per heavy atom. The van der Waals surface area contributed by atoms with Gasteiger partial charge in [0.15, 0.2) is 0 Å². The molecule has 0 aromatic carbocycles. The normalized spacial score (nSPS) is 10.6. The Morgan fingerprint density at radius 3 is 1.65 bits per heavy atom. The van der Waals surface area contributed by atoms with Crippen molar-refractivity contribution in [3.63, 3.8) is 0 Å². The maximum Gasteiger partial charge on any atom is 0.338 e. The number of hydrogen-bond acceptors (Lipinski definition) is 10. The first-order valence-corrected chi connectivity index (χ1v) is 8.81. The molecule has 0 saturated heterocycles. The highest BCUT2D eigenvalue weighted by molar-refractivity contribution is 6.04. The van der Waals surface area contributed by atoms with Crippen LogP contribution >= 0.6 is 0 Å². The summed E-state index contributed by atoms with van der Waals surface area (Å²) in [5, 5.41) is 16.1. The van der Waals surface area contributed by atoms with Crippen molar-refractivity contribution in [2.24, 2.45) is 5.73 Å². The molecule has 0 saturated carbocycles. The van der Waals surface area contributed by atoms with Gasteiger partial charge in [0.2, 0.25) is 5.91 Å². The third kappa shape index (κ3) is 34.9. The van der Waals surface area contributed by atoms with Crippen LogP contribution in [0.3, 0.4) is 0 Å². The summed E-state index contributed by atoms with van der Waals surface area (Å²) < 4.78 is 12.7. The maximum absolute atomic E-state index is 10.6. The highest BCUT2D eigenvalue weighted by Crippen LogP contribution is 1.92. The molecule has 0 unspecified atom stereocenters. The van der Waals surface area contributed by atoms with Crippen LogP contribution in [0.25, 0.3) is 0 Å². The summed E-state index contributed by atoms with van der Waals surface area (Å²) in [6.45, 7) is 5.41. The number of cyclic esters (lactones) is 2. The van der Waals surface area contributed by atoms with Gasteiger partial charge in [0.25, 0.3) is 0 Å². The van der Waals surface area contributed by atoms with Gasteiger partial charge in [-0.05, 0) is 12.5 Å². The number of esters is 4. The van der Waals surface area contributed by atoms with Crippen LogP contribution in [-0.2, 0) is 47.8 Å². The maximum atomic E-state index is 10.6. The Bertz CT molecular complexity index is 778. The van der Waals surface area contributed by atoms with E-state index in [1.165, 1.54) is 7.11 Å². The number of hydrogen-bond donors (Lipinski definition) is 3. The summed E-state index contributed by atoms with van der Waals surface area (Å²) >= 11 is 0. The van der Waals surface area contributed by atoms with E-state index in [1.807, 2.05) is 6.92 Å². The van der Waals surface area contributed by atoms with Gasteiger partial charge in [0.1, 0.15) is 0 Å². The monoisotopic (exact) mass is 486 g/mol. The minimum Gasteiger partial charge on any atom is -0.478 e. The Labute approximate surface area is 196 Å². The van der Waals surface area contributed by atoms with Crippen molar-refractivity contribution in [3.05, 3.63) is 56.5 Å². The third-order valence-corrected chi connectivity index (χ3v) is 2.43. The third-order valence-electron chi connectivity index (χ3n) is 2.43. The molecule has 4 N–H and O–H groups in total. The number of nitrogens with two attached hydrogens (primary N) is 1. The summed E-state index contributed by atoms with van der Waals surface area (Å²) in [6.07, 6.45) is 8.17. The van der Waals surface area contributed by atoms with Crippen LogP contribution in [0.1, 0.15) is 19.8 Å². The Morgan fingerprint density at radius 2 is 1.38 bits per heavy atom. The first kappa shape index (κ1) is 36.8. The SMILES string of the molecule is C=CC(N)=O.CCCCOC(=O)/C=C/C(=O)O.COC(=O)/C=C/C(=O)O.O=C1C=CC(=O)O1.[CH3]. The predicted molar refractivity (Wildman–Crippen MR) is 117 cm³/mol. The second-order valence-electron chi connectivity index (χ2n) is 5.07. The quantitative estimate of drug-likeness (QED) is 0.141. The van der Waals surface area contributed by atoms with Gasteiger partial charge in [-0.25, -0.2) is 28.8 Å². The topological polar surface area (TPSA) is 214 Å². The number of ether oxygens (including phenoxy) is 3. The van der Waals surface area contributed by atoms with Gasteiger partial charge >= 0.3 is 35.8 Å². The number of carbonyl (C=O) groups excluding carboxylic acids is 5. The lowest BCUT2D eigenvalue weighted by Gasteiger charge is -1.97. The molecular formula is C21H28NO12. The number of carboxylic acid groups (broad SMARTS) is 2. The number of rotatable bonds is 8. The first-order chi connectivity index (χ1) is 15.4. The van der Waals surface area contributed by atoms with Gasteiger partial charge in [0, 0.05) is 36.5 Å². The fraction of sp³-hybridized carbons (Fsp3) is 0.238. The molecule has 1 radical (unpaired) electrons.